The van der Waals surface area contributed by atoms with E-state index in [0.29, 0.717) is 6.61 Å². The molecule has 1 rings (SSSR count). The summed E-state index contributed by atoms with van der Waals surface area (Å²) in [5, 5.41) is 11.8. The summed E-state index contributed by atoms with van der Waals surface area (Å²) in [7, 11) is 0. The lowest BCUT2D eigenvalue weighted by atomic mass is 10.1. The van der Waals surface area contributed by atoms with E-state index >= 15 is 0 Å². The molecule has 0 heterocycles. The van der Waals surface area contributed by atoms with Gasteiger partial charge in [0.25, 0.3) is 0 Å². The first-order valence-corrected chi connectivity index (χ1v) is 6.65. The largest absolute Gasteiger partial charge is 0.396 e. The number of hydrogen-bond donors (Lipinski definition) is 2. The first-order valence-electron chi connectivity index (χ1n) is 6.65. The lowest BCUT2D eigenvalue weighted by Gasteiger charge is -2.19. The molecule has 0 fully saturated rings. The maximum atomic E-state index is 11.6. The minimum Gasteiger partial charge on any atom is -0.396 e. The van der Waals surface area contributed by atoms with Crippen molar-refractivity contribution in [2.24, 2.45) is 5.92 Å². The Kier molecular flexibility index (Phi) is 7.15. The molecule has 2 unspecified atom stereocenters. The molecule has 0 saturated heterocycles. The van der Waals surface area contributed by atoms with E-state index in [1.807, 2.05) is 44.2 Å². The second kappa shape index (κ2) is 8.67. The van der Waals surface area contributed by atoms with Crippen LogP contribution in [0.15, 0.2) is 30.3 Å². The van der Waals surface area contributed by atoms with Gasteiger partial charge in [0, 0.05) is 12.6 Å². The minimum absolute atomic E-state index is 0.0461. The third kappa shape index (κ3) is 6.36. The molecule has 19 heavy (non-hydrogen) atoms. The predicted octanol–water partition coefficient (Wildman–Crippen LogP) is 1.38. The molecule has 0 aliphatic heterocycles. The highest BCUT2D eigenvalue weighted by atomic mass is 16.5. The van der Waals surface area contributed by atoms with Gasteiger partial charge in [0.1, 0.15) is 6.61 Å². The van der Waals surface area contributed by atoms with Crippen molar-refractivity contribution in [2.45, 2.75) is 26.3 Å². The van der Waals surface area contributed by atoms with Gasteiger partial charge in [0.05, 0.1) is 6.61 Å². The number of carbonyl (C=O) groups is 1. The van der Waals surface area contributed by atoms with E-state index in [0.717, 1.165) is 6.42 Å². The van der Waals surface area contributed by atoms with Gasteiger partial charge in [0.15, 0.2) is 0 Å². The fourth-order valence-electron chi connectivity index (χ4n) is 1.60. The number of rotatable bonds is 8. The molecule has 0 aliphatic carbocycles. The lowest BCUT2D eigenvalue weighted by molar-refractivity contribution is -0.126. The third-order valence-corrected chi connectivity index (χ3v) is 3.14. The van der Waals surface area contributed by atoms with Crippen LogP contribution in [-0.2, 0) is 16.0 Å². The summed E-state index contributed by atoms with van der Waals surface area (Å²) in [6.07, 6.45) is 0.802. The van der Waals surface area contributed by atoms with Crippen LogP contribution in [-0.4, -0.2) is 36.9 Å². The zero-order chi connectivity index (χ0) is 14.1. The van der Waals surface area contributed by atoms with E-state index in [9.17, 15) is 4.79 Å². The average molecular weight is 265 g/mol. The maximum Gasteiger partial charge on any atom is 0.246 e. The third-order valence-electron chi connectivity index (χ3n) is 3.14. The molecule has 1 amide bonds. The molecular formula is C15H23NO3. The van der Waals surface area contributed by atoms with Crippen molar-refractivity contribution in [2.75, 3.05) is 19.8 Å². The van der Waals surface area contributed by atoms with Crippen LogP contribution in [0.2, 0.25) is 0 Å². The summed E-state index contributed by atoms with van der Waals surface area (Å²) >= 11 is 0. The van der Waals surface area contributed by atoms with Gasteiger partial charge < -0.3 is 15.2 Å². The number of aliphatic hydroxyl groups is 1. The Morgan fingerprint density at radius 3 is 2.63 bits per heavy atom. The number of aliphatic hydroxyl groups excluding tert-OH is 1. The molecule has 0 aromatic heterocycles. The summed E-state index contributed by atoms with van der Waals surface area (Å²) in [4.78, 5) is 11.6. The molecule has 4 nitrogen and oxygen atoms in total. The normalized spacial score (nSPS) is 13.8. The Bertz CT molecular complexity index is 367. The number of benzene rings is 1. The smallest absolute Gasteiger partial charge is 0.246 e. The van der Waals surface area contributed by atoms with Crippen molar-refractivity contribution in [3.05, 3.63) is 35.9 Å². The molecule has 1 aromatic rings. The van der Waals surface area contributed by atoms with Gasteiger partial charge in [-0.25, -0.2) is 0 Å². The summed E-state index contributed by atoms with van der Waals surface area (Å²) in [6.45, 7) is 4.43. The molecule has 1 aromatic carbocycles. The van der Waals surface area contributed by atoms with Crippen molar-refractivity contribution < 1.29 is 14.6 Å². The Morgan fingerprint density at radius 1 is 1.32 bits per heavy atom. The van der Waals surface area contributed by atoms with E-state index in [1.54, 1.807) is 0 Å². The number of carbonyl (C=O) groups excluding carboxylic acids is 1. The lowest BCUT2D eigenvalue weighted by Crippen LogP contribution is -2.40. The van der Waals surface area contributed by atoms with Gasteiger partial charge in [-0.05, 0) is 24.8 Å². The van der Waals surface area contributed by atoms with Crippen molar-refractivity contribution in [1.29, 1.82) is 0 Å². The molecule has 2 atom stereocenters. The molecule has 4 heteroatoms. The summed E-state index contributed by atoms with van der Waals surface area (Å²) in [5.41, 5.74) is 1.20. The van der Waals surface area contributed by atoms with Crippen LogP contribution >= 0.6 is 0 Å². The van der Waals surface area contributed by atoms with Crippen molar-refractivity contribution >= 4 is 5.91 Å². The van der Waals surface area contributed by atoms with Crippen LogP contribution in [0.25, 0.3) is 0 Å². The first kappa shape index (κ1) is 15.7. The standard InChI is InChI=1S/C15H23NO3/c1-12(10-17)13(2)16-15(18)11-19-9-8-14-6-4-3-5-7-14/h3-7,12-13,17H,8-11H2,1-2H3,(H,16,18). The SMILES string of the molecule is CC(CO)C(C)NC(=O)COCCc1ccccc1. The second-order valence-electron chi connectivity index (χ2n) is 4.80. The quantitative estimate of drug-likeness (QED) is 0.698. The molecule has 0 aliphatic rings. The minimum atomic E-state index is -0.138. The van der Waals surface area contributed by atoms with Gasteiger partial charge in [-0.3, -0.25) is 4.79 Å². The van der Waals surface area contributed by atoms with Crippen LogP contribution in [0.3, 0.4) is 0 Å². The highest BCUT2D eigenvalue weighted by Gasteiger charge is 2.13. The summed E-state index contributed by atoms with van der Waals surface area (Å²) in [5.74, 6) is -0.0888. The molecule has 2 N–H and O–H groups in total. The van der Waals surface area contributed by atoms with Crippen molar-refractivity contribution in [3.8, 4) is 0 Å². The Hall–Kier alpha value is -1.39. The monoisotopic (exact) mass is 265 g/mol. The molecular weight excluding hydrogens is 242 g/mol. The Labute approximate surface area is 114 Å². The van der Waals surface area contributed by atoms with Crippen LogP contribution in [0.4, 0.5) is 0 Å². The first-order chi connectivity index (χ1) is 9.13. The van der Waals surface area contributed by atoms with E-state index in [4.69, 9.17) is 9.84 Å². The molecule has 0 spiro atoms. The Morgan fingerprint density at radius 2 is 2.00 bits per heavy atom. The highest BCUT2D eigenvalue weighted by molar-refractivity contribution is 5.77. The summed E-state index contributed by atoms with van der Waals surface area (Å²) < 4.78 is 5.34. The van der Waals surface area contributed by atoms with Gasteiger partial charge in [-0.15, -0.1) is 0 Å². The molecule has 0 radical (unpaired) electrons. The fourth-order valence-corrected chi connectivity index (χ4v) is 1.60. The Balaban J connectivity index is 2.14. The van der Waals surface area contributed by atoms with E-state index in [2.05, 4.69) is 5.32 Å². The van der Waals surface area contributed by atoms with Crippen LogP contribution < -0.4 is 5.32 Å². The van der Waals surface area contributed by atoms with Gasteiger partial charge >= 0.3 is 0 Å². The zero-order valence-corrected chi connectivity index (χ0v) is 11.6. The second-order valence-corrected chi connectivity index (χ2v) is 4.80. The number of hydrogen-bond acceptors (Lipinski definition) is 3. The van der Waals surface area contributed by atoms with Crippen molar-refractivity contribution in [3.63, 3.8) is 0 Å². The molecule has 0 bridgehead atoms. The topological polar surface area (TPSA) is 58.6 Å². The van der Waals surface area contributed by atoms with Crippen LogP contribution in [0, 0.1) is 5.92 Å². The maximum absolute atomic E-state index is 11.6. The molecule has 0 saturated carbocycles. The summed E-state index contributed by atoms with van der Waals surface area (Å²) in [6, 6.07) is 9.97. The number of amides is 1. The van der Waals surface area contributed by atoms with Crippen molar-refractivity contribution in [1.82, 2.24) is 5.32 Å². The van der Waals surface area contributed by atoms with Gasteiger partial charge in [-0.1, -0.05) is 37.3 Å². The van der Waals surface area contributed by atoms with Gasteiger partial charge in [-0.2, -0.15) is 0 Å². The number of ether oxygens (including phenoxy) is 1. The van der Waals surface area contributed by atoms with E-state index in [-0.39, 0.29) is 31.1 Å². The predicted molar refractivity (Wildman–Crippen MR) is 74.8 cm³/mol. The highest BCUT2D eigenvalue weighted by Crippen LogP contribution is 2.01. The zero-order valence-electron chi connectivity index (χ0n) is 11.6. The van der Waals surface area contributed by atoms with E-state index in [1.165, 1.54) is 5.56 Å². The number of nitrogens with one attached hydrogen (secondary N) is 1. The van der Waals surface area contributed by atoms with Gasteiger partial charge in [0.2, 0.25) is 5.91 Å². The van der Waals surface area contributed by atoms with Crippen LogP contribution in [0.1, 0.15) is 19.4 Å². The van der Waals surface area contributed by atoms with E-state index < -0.39 is 0 Å². The van der Waals surface area contributed by atoms with Crippen LogP contribution in [0.5, 0.6) is 0 Å². The fraction of sp³-hybridized carbons (Fsp3) is 0.533. The molecule has 106 valence electrons. The average Bonchev–Trinajstić information content (AvgIpc) is 2.43.